The highest BCUT2D eigenvalue weighted by atomic mass is 32.1. The number of pyridine rings is 1. The van der Waals surface area contributed by atoms with Crippen molar-refractivity contribution in [1.29, 1.82) is 0 Å². The molecule has 0 spiro atoms. The number of amides is 1. The fourth-order valence-electron chi connectivity index (χ4n) is 1.35. The lowest BCUT2D eigenvalue weighted by atomic mass is 10.3. The van der Waals surface area contributed by atoms with Crippen molar-refractivity contribution < 1.29 is 19.6 Å². The van der Waals surface area contributed by atoms with Gasteiger partial charge in [-0.2, -0.15) is 0 Å². The summed E-state index contributed by atoms with van der Waals surface area (Å²) in [6, 6.07) is 6.68. The second-order valence-electron chi connectivity index (χ2n) is 3.56. The maximum Gasteiger partial charge on any atom is 0.354 e. The van der Waals surface area contributed by atoms with Gasteiger partial charge in [-0.05, 0) is 18.2 Å². The second kappa shape index (κ2) is 5.45. The lowest BCUT2D eigenvalue weighted by molar-refractivity contribution is -0.380. The molecule has 8 nitrogen and oxygen atoms in total. The SMILES string of the molecule is O=C(O)c1cccc(NC(=O)c2ccc([N+](=O)[O-])s2)n1. The van der Waals surface area contributed by atoms with E-state index in [2.05, 4.69) is 10.3 Å². The third-order valence-electron chi connectivity index (χ3n) is 2.21. The van der Waals surface area contributed by atoms with Gasteiger partial charge in [0.2, 0.25) is 0 Å². The molecule has 2 N–H and O–H groups in total. The average Bonchev–Trinajstić information content (AvgIpc) is 2.88. The van der Waals surface area contributed by atoms with Crippen LogP contribution in [0.2, 0.25) is 0 Å². The van der Waals surface area contributed by atoms with Crippen LogP contribution in [-0.4, -0.2) is 26.9 Å². The van der Waals surface area contributed by atoms with Crippen molar-refractivity contribution in [2.45, 2.75) is 0 Å². The number of thiophene rings is 1. The smallest absolute Gasteiger partial charge is 0.354 e. The number of aromatic nitrogens is 1. The number of carbonyl (C=O) groups is 2. The Morgan fingerprint density at radius 1 is 1.30 bits per heavy atom. The van der Waals surface area contributed by atoms with Gasteiger partial charge in [-0.1, -0.05) is 17.4 Å². The largest absolute Gasteiger partial charge is 0.477 e. The minimum Gasteiger partial charge on any atom is -0.477 e. The van der Waals surface area contributed by atoms with Crippen LogP contribution < -0.4 is 5.32 Å². The first kappa shape index (κ1) is 13.6. The molecule has 0 aliphatic carbocycles. The van der Waals surface area contributed by atoms with Crippen molar-refractivity contribution in [3.05, 3.63) is 51.0 Å². The van der Waals surface area contributed by atoms with Gasteiger partial charge in [0.25, 0.3) is 5.91 Å². The first-order valence-corrected chi connectivity index (χ1v) is 6.05. The fraction of sp³-hybridized carbons (Fsp3) is 0. The Balaban J connectivity index is 2.16. The summed E-state index contributed by atoms with van der Waals surface area (Å²) in [6.07, 6.45) is 0. The number of hydrogen-bond donors (Lipinski definition) is 2. The van der Waals surface area contributed by atoms with E-state index in [1.807, 2.05) is 0 Å². The predicted molar refractivity (Wildman–Crippen MR) is 70.1 cm³/mol. The van der Waals surface area contributed by atoms with Crippen LogP contribution in [0.3, 0.4) is 0 Å². The molecule has 0 fully saturated rings. The lowest BCUT2D eigenvalue weighted by Gasteiger charge is -2.02. The van der Waals surface area contributed by atoms with E-state index in [1.54, 1.807) is 0 Å². The third-order valence-corrected chi connectivity index (χ3v) is 3.24. The summed E-state index contributed by atoms with van der Waals surface area (Å²) >= 11 is 0.724. The summed E-state index contributed by atoms with van der Waals surface area (Å²) < 4.78 is 0. The second-order valence-corrected chi connectivity index (χ2v) is 4.62. The minimum atomic E-state index is -1.21. The molecule has 0 bridgehead atoms. The van der Waals surface area contributed by atoms with Crippen LogP contribution in [-0.2, 0) is 0 Å². The molecule has 2 aromatic rings. The molecule has 0 saturated carbocycles. The molecule has 0 aromatic carbocycles. The molecule has 102 valence electrons. The standard InChI is InChI=1S/C11H7N3O5S/c15-10(7-4-5-9(20-7)14(18)19)13-8-3-1-2-6(12-8)11(16)17/h1-5H,(H,16,17)(H,12,13,15). The molecule has 2 heterocycles. The lowest BCUT2D eigenvalue weighted by Crippen LogP contribution is -2.12. The Labute approximate surface area is 115 Å². The Kier molecular flexibility index (Phi) is 3.71. The Morgan fingerprint density at radius 3 is 2.65 bits per heavy atom. The monoisotopic (exact) mass is 293 g/mol. The number of anilines is 1. The van der Waals surface area contributed by atoms with E-state index < -0.39 is 16.8 Å². The number of rotatable bonds is 4. The number of carbonyl (C=O) groups excluding carboxylic acids is 1. The molecule has 0 aliphatic rings. The highest BCUT2D eigenvalue weighted by Gasteiger charge is 2.16. The maximum absolute atomic E-state index is 11.8. The molecular formula is C11H7N3O5S. The van der Waals surface area contributed by atoms with Crippen molar-refractivity contribution >= 4 is 34.0 Å². The molecule has 0 radical (unpaired) electrons. The van der Waals surface area contributed by atoms with Crippen molar-refractivity contribution in [2.24, 2.45) is 0 Å². The van der Waals surface area contributed by atoms with Gasteiger partial charge in [-0.15, -0.1) is 0 Å². The molecular weight excluding hydrogens is 286 g/mol. The van der Waals surface area contributed by atoms with Gasteiger partial charge in [0.05, 0.1) is 9.80 Å². The van der Waals surface area contributed by atoms with Crippen LogP contribution in [0, 0.1) is 10.1 Å². The van der Waals surface area contributed by atoms with Gasteiger partial charge >= 0.3 is 11.0 Å². The number of aromatic carboxylic acids is 1. The van der Waals surface area contributed by atoms with Crippen LogP contribution in [0.5, 0.6) is 0 Å². The number of carboxylic acid groups (broad SMARTS) is 1. The number of hydrogen-bond acceptors (Lipinski definition) is 6. The maximum atomic E-state index is 11.8. The normalized spacial score (nSPS) is 10.0. The predicted octanol–water partition coefficient (Wildman–Crippen LogP) is 2.00. The average molecular weight is 293 g/mol. The highest BCUT2D eigenvalue weighted by Crippen LogP contribution is 2.24. The number of nitrogens with one attached hydrogen (secondary N) is 1. The van der Waals surface area contributed by atoms with Crippen molar-refractivity contribution in [3.63, 3.8) is 0 Å². The first-order valence-electron chi connectivity index (χ1n) is 5.23. The van der Waals surface area contributed by atoms with Crippen LogP contribution in [0.25, 0.3) is 0 Å². The Bertz CT molecular complexity index is 697. The zero-order valence-corrected chi connectivity index (χ0v) is 10.6. The van der Waals surface area contributed by atoms with E-state index in [0.717, 1.165) is 11.3 Å². The van der Waals surface area contributed by atoms with Gasteiger partial charge in [-0.25, -0.2) is 9.78 Å². The molecule has 20 heavy (non-hydrogen) atoms. The van der Waals surface area contributed by atoms with E-state index in [0.29, 0.717) is 0 Å². The van der Waals surface area contributed by atoms with Gasteiger partial charge in [0, 0.05) is 6.07 Å². The zero-order chi connectivity index (χ0) is 14.7. The molecule has 9 heteroatoms. The molecule has 1 amide bonds. The minimum absolute atomic E-state index is 0.0611. The summed E-state index contributed by atoms with van der Waals surface area (Å²) in [5.74, 6) is -1.74. The van der Waals surface area contributed by atoms with Crippen LogP contribution >= 0.6 is 11.3 Å². The van der Waals surface area contributed by atoms with Crippen LogP contribution in [0.1, 0.15) is 20.2 Å². The van der Waals surface area contributed by atoms with E-state index in [-0.39, 0.29) is 21.4 Å². The summed E-state index contributed by atoms with van der Waals surface area (Å²) in [7, 11) is 0. The molecule has 0 aliphatic heterocycles. The number of nitro groups is 1. The van der Waals surface area contributed by atoms with Crippen molar-refractivity contribution in [3.8, 4) is 0 Å². The van der Waals surface area contributed by atoms with E-state index in [1.165, 1.54) is 30.3 Å². The quantitative estimate of drug-likeness (QED) is 0.656. The van der Waals surface area contributed by atoms with E-state index in [9.17, 15) is 19.7 Å². The summed E-state index contributed by atoms with van der Waals surface area (Å²) in [6.45, 7) is 0. The van der Waals surface area contributed by atoms with Gasteiger partial charge in [-0.3, -0.25) is 14.9 Å². The molecule has 0 unspecified atom stereocenters. The first-order chi connectivity index (χ1) is 9.47. The highest BCUT2D eigenvalue weighted by molar-refractivity contribution is 7.17. The topological polar surface area (TPSA) is 122 Å². The van der Waals surface area contributed by atoms with Gasteiger partial charge in [0.1, 0.15) is 5.82 Å². The molecule has 0 atom stereocenters. The molecule has 0 saturated heterocycles. The molecule has 2 rings (SSSR count). The number of carboxylic acids is 1. The van der Waals surface area contributed by atoms with E-state index in [4.69, 9.17) is 5.11 Å². The Hall–Kier alpha value is -2.81. The van der Waals surface area contributed by atoms with E-state index >= 15 is 0 Å². The molecule has 2 aromatic heterocycles. The van der Waals surface area contributed by atoms with Crippen LogP contribution in [0.15, 0.2) is 30.3 Å². The van der Waals surface area contributed by atoms with Crippen molar-refractivity contribution in [2.75, 3.05) is 5.32 Å². The third kappa shape index (κ3) is 2.95. The van der Waals surface area contributed by atoms with Crippen LogP contribution in [0.4, 0.5) is 10.8 Å². The Morgan fingerprint density at radius 2 is 2.05 bits per heavy atom. The zero-order valence-electron chi connectivity index (χ0n) is 9.77. The fourth-order valence-corrected chi connectivity index (χ4v) is 2.06. The number of nitrogens with zero attached hydrogens (tertiary/aromatic N) is 2. The summed E-state index contributed by atoms with van der Waals surface area (Å²) in [5, 5.41) is 21.5. The summed E-state index contributed by atoms with van der Waals surface area (Å²) in [5.41, 5.74) is -0.208. The summed E-state index contributed by atoms with van der Waals surface area (Å²) in [4.78, 5) is 36.3. The van der Waals surface area contributed by atoms with Crippen molar-refractivity contribution in [1.82, 2.24) is 4.98 Å². The van der Waals surface area contributed by atoms with Gasteiger partial charge in [0.15, 0.2) is 5.69 Å². The van der Waals surface area contributed by atoms with Gasteiger partial charge < -0.3 is 10.4 Å².